The zero-order chi connectivity index (χ0) is 24.5. The number of carbonyl (C=O) groups is 1. The van der Waals surface area contributed by atoms with Crippen LogP contribution in [-0.4, -0.2) is 42.5 Å². The van der Waals surface area contributed by atoms with Crippen molar-refractivity contribution in [2.75, 3.05) is 21.1 Å². The van der Waals surface area contributed by atoms with Crippen molar-refractivity contribution in [2.24, 2.45) is 0 Å². The molecule has 0 aliphatic heterocycles. The number of rotatable bonds is 4. The summed E-state index contributed by atoms with van der Waals surface area (Å²) in [6.07, 6.45) is 6.81. The Hall–Kier alpha value is -3.08. The molecule has 2 aromatic rings. The third-order valence-electron chi connectivity index (χ3n) is 3.65. The van der Waals surface area contributed by atoms with Crippen LogP contribution in [0.1, 0.15) is 45.5 Å². The van der Waals surface area contributed by atoms with E-state index in [0.29, 0.717) is 23.3 Å². The summed E-state index contributed by atoms with van der Waals surface area (Å²) >= 11 is 0. The minimum absolute atomic E-state index is 0.449. The quantitative estimate of drug-likeness (QED) is 0.413. The Kier molecular flexibility index (Phi) is 15.0. The fraction of sp³-hybridized carbons (Fsp3) is 0.385. The molecule has 1 aliphatic carbocycles. The molecule has 0 fully saturated rings. The lowest BCUT2D eigenvalue weighted by Crippen LogP contribution is -1.99. The highest BCUT2D eigenvalue weighted by molar-refractivity contribution is 5.80. The summed E-state index contributed by atoms with van der Waals surface area (Å²) in [5, 5.41) is 3.92. The first-order valence-electron chi connectivity index (χ1n) is 10.7. The monoisotopic (exact) mass is 441 g/mol. The highest BCUT2D eigenvalue weighted by atomic mass is 19.1. The van der Waals surface area contributed by atoms with Gasteiger partial charge in [-0.2, -0.15) is 9.37 Å². The van der Waals surface area contributed by atoms with Gasteiger partial charge in [0.25, 0.3) is 5.89 Å². The molecular weight excluding hydrogens is 405 g/mol. The van der Waals surface area contributed by atoms with Crippen molar-refractivity contribution in [3.8, 4) is 11.5 Å². The van der Waals surface area contributed by atoms with Gasteiger partial charge >= 0.3 is 0 Å². The zero-order valence-corrected chi connectivity index (χ0v) is 20.6. The number of aromatic nitrogens is 2. The number of halogens is 1. The Balaban J connectivity index is 0.000000498. The van der Waals surface area contributed by atoms with Crippen LogP contribution >= 0.6 is 0 Å². The van der Waals surface area contributed by atoms with E-state index in [4.69, 9.17) is 4.52 Å². The molecule has 0 bridgehead atoms. The van der Waals surface area contributed by atoms with Crippen LogP contribution in [0.5, 0.6) is 0 Å². The second-order valence-electron chi connectivity index (χ2n) is 7.20. The van der Waals surface area contributed by atoms with Gasteiger partial charge in [0.2, 0.25) is 0 Å². The summed E-state index contributed by atoms with van der Waals surface area (Å²) in [6, 6.07) is 8.08. The second kappa shape index (κ2) is 16.6. The first kappa shape index (κ1) is 28.9. The van der Waals surface area contributed by atoms with Crippen molar-refractivity contribution in [1.29, 1.82) is 0 Å². The van der Waals surface area contributed by atoms with Gasteiger partial charge in [0.1, 0.15) is 6.29 Å². The van der Waals surface area contributed by atoms with E-state index in [1.165, 1.54) is 23.8 Å². The Morgan fingerprint density at radius 2 is 1.72 bits per heavy atom. The maximum absolute atomic E-state index is 12.6. The maximum Gasteiger partial charge on any atom is 0.257 e. The van der Waals surface area contributed by atoms with Crippen LogP contribution < -0.4 is 0 Å². The van der Waals surface area contributed by atoms with E-state index in [0.717, 1.165) is 24.2 Å². The Bertz CT molecular complexity index is 929. The Morgan fingerprint density at radius 1 is 1.12 bits per heavy atom. The van der Waals surface area contributed by atoms with Crippen LogP contribution in [0.2, 0.25) is 0 Å². The third kappa shape index (κ3) is 11.9. The van der Waals surface area contributed by atoms with Gasteiger partial charge in [-0.25, -0.2) is 0 Å². The molecule has 0 saturated heterocycles. The highest BCUT2D eigenvalue weighted by Crippen LogP contribution is 2.17. The minimum Gasteiger partial charge on any atom is -0.334 e. The van der Waals surface area contributed by atoms with E-state index in [-0.39, 0.29) is 0 Å². The van der Waals surface area contributed by atoms with E-state index >= 15 is 0 Å². The summed E-state index contributed by atoms with van der Waals surface area (Å²) < 4.78 is 17.7. The lowest BCUT2D eigenvalue weighted by atomic mass is 10.1. The van der Waals surface area contributed by atoms with Gasteiger partial charge in [-0.05, 0) is 77.3 Å². The minimum atomic E-state index is -0.449. The molecule has 0 radical (unpaired) electrons. The molecule has 0 unspecified atom stereocenters. The molecule has 0 N–H and O–H groups in total. The molecule has 0 amide bonds. The van der Waals surface area contributed by atoms with Gasteiger partial charge in [-0.3, -0.25) is 4.79 Å². The highest BCUT2D eigenvalue weighted by Gasteiger charge is 2.07. The molecule has 1 aliphatic rings. The molecule has 3 rings (SSSR count). The lowest BCUT2D eigenvalue weighted by molar-refractivity contribution is -0.104. The number of benzene rings is 1. The van der Waals surface area contributed by atoms with Crippen LogP contribution in [0.25, 0.3) is 11.5 Å². The SMILES string of the molecule is CC.CC1=CC(F)=C=CC=C1C=O.CCCc1noc(-c2ccc(C)cc2)n1.CN(C)C. The number of carbonyl (C=O) groups excluding carboxylic acids is 1. The van der Waals surface area contributed by atoms with Gasteiger partial charge in [-0.1, -0.05) is 49.4 Å². The largest absolute Gasteiger partial charge is 0.334 e. The summed E-state index contributed by atoms with van der Waals surface area (Å²) in [5.74, 6) is 0.946. The number of allylic oxidation sites excluding steroid dienone is 5. The van der Waals surface area contributed by atoms with E-state index in [2.05, 4.69) is 29.7 Å². The van der Waals surface area contributed by atoms with Crippen LogP contribution in [-0.2, 0) is 11.2 Å². The molecule has 174 valence electrons. The van der Waals surface area contributed by atoms with E-state index in [1.807, 2.05) is 64.2 Å². The van der Waals surface area contributed by atoms with Crippen molar-refractivity contribution in [1.82, 2.24) is 15.0 Å². The van der Waals surface area contributed by atoms with Crippen LogP contribution in [0.3, 0.4) is 0 Å². The molecule has 0 spiro atoms. The zero-order valence-electron chi connectivity index (χ0n) is 20.6. The van der Waals surface area contributed by atoms with Gasteiger partial charge < -0.3 is 9.42 Å². The van der Waals surface area contributed by atoms with Gasteiger partial charge in [0.05, 0.1) is 0 Å². The Morgan fingerprint density at radius 3 is 2.25 bits per heavy atom. The van der Waals surface area contributed by atoms with Crippen molar-refractivity contribution in [3.05, 3.63) is 76.6 Å². The Labute approximate surface area is 192 Å². The molecule has 5 nitrogen and oxygen atoms in total. The smallest absolute Gasteiger partial charge is 0.257 e. The van der Waals surface area contributed by atoms with Crippen LogP contribution in [0.15, 0.2) is 69.7 Å². The summed E-state index contributed by atoms with van der Waals surface area (Å²) in [7, 11) is 6.00. The number of hydrogen-bond donors (Lipinski definition) is 0. The molecule has 0 atom stereocenters. The molecule has 1 aromatic carbocycles. The van der Waals surface area contributed by atoms with Crippen LogP contribution in [0.4, 0.5) is 4.39 Å². The second-order valence-corrected chi connectivity index (χ2v) is 7.20. The van der Waals surface area contributed by atoms with Gasteiger partial charge in [0, 0.05) is 17.6 Å². The van der Waals surface area contributed by atoms with Crippen molar-refractivity contribution >= 4 is 6.29 Å². The van der Waals surface area contributed by atoms with E-state index in [1.54, 1.807) is 6.92 Å². The average Bonchev–Trinajstić information content (AvgIpc) is 3.15. The standard InChI is InChI=1S/C12H14N2O.C9H7FO.C3H9N.C2H6/c1-3-4-11-13-12(15-14-11)10-7-5-9(2)6-8-10;1-7-5-9(10)4-2-3-8(7)6-11;1-4(2)3;1-2/h5-8H,3-4H2,1-2H3;2-3,5-6H,1H3;1-3H3;1-2H3. The van der Waals surface area contributed by atoms with Gasteiger partial charge in [-0.15, -0.1) is 0 Å². The summed E-state index contributed by atoms with van der Waals surface area (Å²) in [6.45, 7) is 9.84. The summed E-state index contributed by atoms with van der Waals surface area (Å²) in [5.41, 5.74) is 5.68. The predicted octanol–water partition coefficient (Wildman–Crippen LogP) is 6.28. The molecule has 6 heteroatoms. The van der Waals surface area contributed by atoms with Gasteiger partial charge in [0.15, 0.2) is 11.7 Å². The third-order valence-corrected chi connectivity index (χ3v) is 3.65. The number of nitrogens with zero attached hydrogens (tertiary/aromatic N) is 3. The normalized spacial score (nSPS) is 11.9. The topological polar surface area (TPSA) is 59.2 Å². The average molecular weight is 442 g/mol. The molecule has 32 heavy (non-hydrogen) atoms. The van der Waals surface area contributed by atoms with E-state index in [9.17, 15) is 9.18 Å². The molecule has 1 heterocycles. The number of hydrogen-bond acceptors (Lipinski definition) is 5. The predicted molar refractivity (Wildman–Crippen MR) is 130 cm³/mol. The molecule has 1 aromatic heterocycles. The number of aldehydes is 1. The fourth-order valence-corrected chi connectivity index (χ4v) is 2.18. The van der Waals surface area contributed by atoms with Crippen molar-refractivity contribution in [3.63, 3.8) is 0 Å². The molecular formula is C26H36FN3O2. The van der Waals surface area contributed by atoms with Crippen LogP contribution in [0, 0.1) is 6.92 Å². The van der Waals surface area contributed by atoms with E-state index < -0.39 is 5.83 Å². The number of aryl methyl sites for hydroxylation is 2. The lowest BCUT2D eigenvalue weighted by Gasteiger charge is -1.94. The fourth-order valence-electron chi connectivity index (χ4n) is 2.18. The summed E-state index contributed by atoms with van der Waals surface area (Å²) in [4.78, 5) is 16.7. The molecule has 0 saturated carbocycles. The first-order chi connectivity index (χ1) is 15.3. The van der Waals surface area contributed by atoms with Crippen molar-refractivity contribution in [2.45, 2.75) is 47.5 Å². The first-order valence-corrected chi connectivity index (χ1v) is 10.7. The maximum atomic E-state index is 12.6. The van der Waals surface area contributed by atoms with Crippen molar-refractivity contribution < 1.29 is 13.7 Å².